The second-order valence-electron chi connectivity index (χ2n) is 13.5. The molecule has 0 aromatic rings. The molecule has 0 aromatic heterocycles. The quantitative estimate of drug-likeness (QED) is 0.347. The molecule has 2 saturated heterocycles. The second-order valence-corrected chi connectivity index (χ2v) is 13.5. The molecule has 2 heterocycles. The van der Waals surface area contributed by atoms with Gasteiger partial charge in [0.15, 0.2) is 5.79 Å². The molecule has 0 N–H and O–H groups in total. The van der Waals surface area contributed by atoms with E-state index in [1.165, 1.54) is 31.4 Å². The van der Waals surface area contributed by atoms with Gasteiger partial charge in [0.25, 0.3) is 0 Å². The van der Waals surface area contributed by atoms with E-state index in [1.807, 2.05) is 0 Å². The van der Waals surface area contributed by atoms with E-state index in [9.17, 15) is 9.59 Å². The Labute approximate surface area is 221 Å². The van der Waals surface area contributed by atoms with Crippen molar-refractivity contribution in [3.05, 3.63) is 23.8 Å². The van der Waals surface area contributed by atoms with E-state index < -0.39 is 5.79 Å². The Bertz CT molecular complexity index is 1020. The van der Waals surface area contributed by atoms with Crippen LogP contribution < -0.4 is 0 Å². The molecule has 6 rings (SSSR count). The van der Waals surface area contributed by atoms with Gasteiger partial charge in [-0.1, -0.05) is 44.6 Å². The Kier molecular flexibility index (Phi) is 6.00. The average Bonchev–Trinajstić information content (AvgIpc) is 3.26. The van der Waals surface area contributed by atoms with Gasteiger partial charge in [0.05, 0.1) is 12.7 Å². The van der Waals surface area contributed by atoms with E-state index in [0.29, 0.717) is 42.6 Å². The summed E-state index contributed by atoms with van der Waals surface area (Å²) in [7, 11) is 0. The standard InChI is InChI=1S/C31H44O6/c1-17-9-12-31(34-16-17)18(2)28-26(37-31)15-25-23-8-7-21-13-22(35-19(3)32)14-27(36-20(4)33)30(21,6)24(23)10-11-29(25,28)5/h7,18,22-28H,1,8-16H2,2-6H3. The number of allylic oxidation sites excluding steroid dienone is 1. The Hall–Kier alpha value is -1.66. The van der Waals surface area contributed by atoms with Gasteiger partial charge in [-0.25, -0.2) is 0 Å². The summed E-state index contributed by atoms with van der Waals surface area (Å²) in [6, 6.07) is 0. The number of esters is 2. The minimum Gasteiger partial charge on any atom is -0.462 e. The third kappa shape index (κ3) is 3.71. The van der Waals surface area contributed by atoms with Crippen LogP contribution in [0.5, 0.6) is 0 Å². The lowest BCUT2D eigenvalue weighted by molar-refractivity contribution is -0.255. The average molecular weight is 513 g/mol. The fourth-order valence-electron chi connectivity index (χ4n) is 10.2. The molecule has 37 heavy (non-hydrogen) atoms. The van der Waals surface area contributed by atoms with Gasteiger partial charge in [-0.15, -0.1) is 0 Å². The largest absolute Gasteiger partial charge is 0.462 e. The van der Waals surface area contributed by atoms with Crippen LogP contribution >= 0.6 is 0 Å². The van der Waals surface area contributed by atoms with E-state index in [0.717, 1.165) is 38.5 Å². The normalized spacial score (nSPS) is 50.4. The van der Waals surface area contributed by atoms with Crippen molar-refractivity contribution in [3.63, 3.8) is 0 Å². The summed E-state index contributed by atoms with van der Waals surface area (Å²) >= 11 is 0. The predicted octanol–water partition coefficient (Wildman–Crippen LogP) is 5.75. The van der Waals surface area contributed by atoms with Crippen molar-refractivity contribution in [1.29, 1.82) is 0 Å². The molecule has 3 saturated carbocycles. The Morgan fingerprint density at radius 2 is 1.84 bits per heavy atom. The third-order valence-corrected chi connectivity index (χ3v) is 11.8. The first kappa shape index (κ1) is 25.6. The molecule has 5 fully saturated rings. The lowest BCUT2D eigenvalue weighted by Crippen LogP contribution is -2.57. The first-order chi connectivity index (χ1) is 17.5. The van der Waals surface area contributed by atoms with Crippen LogP contribution in [0.4, 0.5) is 0 Å². The summed E-state index contributed by atoms with van der Waals surface area (Å²) in [4.78, 5) is 23.9. The van der Waals surface area contributed by atoms with Crippen molar-refractivity contribution in [2.45, 2.75) is 110 Å². The summed E-state index contributed by atoms with van der Waals surface area (Å²) in [5.41, 5.74) is 2.50. The molecular weight excluding hydrogens is 468 g/mol. The molecule has 0 bridgehead atoms. The highest BCUT2D eigenvalue weighted by Gasteiger charge is 2.69. The number of carbonyl (C=O) groups is 2. The molecule has 6 heteroatoms. The van der Waals surface area contributed by atoms with Crippen LogP contribution in [0.1, 0.15) is 86.0 Å². The smallest absolute Gasteiger partial charge is 0.302 e. The molecule has 0 amide bonds. The van der Waals surface area contributed by atoms with Crippen molar-refractivity contribution in [2.75, 3.05) is 6.61 Å². The topological polar surface area (TPSA) is 71.1 Å². The first-order valence-corrected chi connectivity index (χ1v) is 14.5. The fraction of sp³-hybridized carbons (Fsp3) is 0.806. The molecule has 2 aliphatic heterocycles. The van der Waals surface area contributed by atoms with E-state index in [2.05, 4.69) is 33.4 Å². The highest BCUT2D eigenvalue weighted by molar-refractivity contribution is 5.67. The number of fused-ring (bicyclic) bond motifs is 7. The van der Waals surface area contributed by atoms with Gasteiger partial charge in [-0.2, -0.15) is 0 Å². The number of ether oxygens (including phenoxy) is 4. The molecule has 0 radical (unpaired) electrons. The number of hydrogen-bond donors (Lipinski definition) is 0. The zero-order chi connectivity index (χ0) is 26.3. The summed E-state index contributed by atoms with van der Waals surface area (Å²) < 4.78 is 24.9. The number of rotatable bonds is 2. The number of carbonyl (C=O) groups excluding carboxylic acids is 2. The van der Waals surface area contributed by atoms with Crippen molar-refractivity contribution in [3.8, 4) is 0 Å². The Morgan fingerprint density at radius 3 is 2.51 bits per heavy atom. The van der Waals surface area contributed by atoms with Gasteiger partial charge in [-0.05, 0) is 61.2 Å². The van der Waals surface area contributed by atoms with Crippen LogP contribution in [0.2, 0.25) is 0 Å². The van der Waals surface area contributed by atoms with Crippen LogP contribution in [0, 0.1) is 40.4 Å². The summed E-state index contributed by atoms with van der Waals surface area (Å²) in [6.07, 6.45) is 9.83. The summed E-state index contributed by atoms with van der Waals surface area (Å²) in [5.74, 6) is 1.48. The number of hydrogen-bond acceptors (Lipinski definition) is 6. The molecule has 4 aliphatic carbocycles. The predicted molar refractivity (Wildman–Crippen MR) is 138 cm³/mol. The fourth-order valence-corrected chi connectivity index (χ4v) is 10.2. The van der Waals surface area contributed by atoms with Crippen molar-refractivity contribution < 1.29 is 28.5 Å². The monoisotopic (exact) mass is 512 g/mol. The van der Waals surface area contributed by atoms with Crippen LogP contribution in [-0.4, -0.2) is 42.6 Å². The van der Waals surface area contributed by atoms with Gasteiger partial charge < -0.3 is 18.9 Å². The van der Waals surface area contributed by atoms with E-state index >= 15 is 0 Å². The summed E-state index contributed by atoms with van der Waals surface area (Å²) in [5, 5.41) is 0. The van der Waals surface area contributed by atoms with Crippen molar-refractivity contribution in [1.82, 2.24) is 0 Å². The molecule has 11 atom stereocenters. The molecular formula is C31H44O6. The lowest BCUT2D eigenvalue weighted by Gasteiger charge is -2.60. The Balaban J connectivity index is 1.29. The van der Waals surface area contributed by atoms with Crippen LogP contribution in [0.3, 0.4) is 0 Å². The van der Waals surface area contributed by atoms with Gasteiger partial charge in [0, 0.05) is 44.4 Å². The zero-order valence-electron chi connectivity index (χ0n) is 23.2. The van der Waals surface area contributed by atoms with Crippen molar-refractivity contribution >= 4 is 11.9 Å². The SMILES string of the molecule is C=C1CCC2(OC1)OC1CC3C4CC=C5CC(OC(C)=O)CC(OC(C)=O)C5(C)C4CCC3(C)C1C2C. The summed E-state index contributed by atoms with van der Waals surface area (Å²) in [6.45, 7) is 14.9. The minimum absolute atomic E-state index is 0.217. The van der Waals surface area contributed by atoms with Crippen LogP contribution in [0.15, 0.2) is 23.8 Å². The van der Waals surface area contributed by atoms with E-state index in [-0.39, 0.29) is 41.1 Å². The Morgan fingerprint density at radius 1 is 1.08 bits per heavy atom. The third-order valence-electron chi connectivity index (χ3n) is 11.8. The molecule has 11 unspecified atom stereocenters. The van der Waals surface area contributed by atoms with Gasteiger partial charge in [-0.3, -0.25) is 9.59 Å². The van der Waals surface area contributed by atoms with E-state index in [4.69, 9.17) is 18.9 Å². The van der Waals surface area contributed by atoms with Gasteiger partial charge >= 0.3 is 11.9 Å². The maximum absolute atomic E-state index is 12.2. The maximum atomic E-state index is 12.2. The van der Waals surface area contributed by atoms with Crippen LogP contribution in [-0.2, 0) is 28.5 Å². The highest BCUT2D eigenvalue weighted by Crippen LogP contribution is 2.70. The highest BCUT2D eigenvalue weighted by atomic mass is 16.7. The van der Waals surface area contributed by atoms with Gasteiger partial charge in [0.2, 0.25) is 0 Å². The second kappa shape index (κ2) is 8.67. The zero-order valence-corrected chi connectivity index (χ0v) is 23.2. The molecule has 6 nitrogen and oxygen atoms in total. The van der Waals surface area contributed by atoms with Crippen molar-refractivity contribution in [2.24, 2.45) is 40.4 Å². The molecule has 6 aliphatic rings. The molecule has 1 spiro atoms. The van der Waals surface area contributed by atoms with Gasteiger partial charge in [0.1, 0.15) is 12.2 Å². The maximum Gasteiger partial charge on any atom is 0.302 e. The first-order valence-electron chi connectivity index (χ1n) is 14.5. The lowest BCUT2D eigenvalue weighted by atomic mass is 9.46. The van der Waals surface area contributed by atoms with E-state index in [1.54, 1.807) is 0 Å². The molecule has 204 valence electrons. The minimum atomic E-state index is -0.442. The van der Waals surface area contributed by atoms with Crippen LogP contribution in [0.25, 0.3) is 0 Å². The molecule has 0 aromatic carbocycles.